The highest BCUT2D eigenvalue weighted by Gasteiger charge is 2.19. The summed E-state index contributed by atoms with van der Waals surface area (Å²) in [5.41, 5.74) is 2.00. The highest BCUT2D eigenvalue weighted by Crippen LogP contribution is 2.11. The van der Waals surface area contributed by atoms with E-state index in [1.807, 2.05) is 13.8 Å². The molecule has 3 aromatic rings. The number of rotatable bonds is 4. The molecular weight excluding hydrogens is 294 g/mol. The number of amides is 1. The van der Waals surface area contributed by atoms with E-state index in [9.17, 15) is 9.59 Å². The van der Waals surface area contributed by atoms with E-state index in [0.29, 0.717) is 24.1 Å². The van der Waals surface area contributed by atoms with Crippen molar-refractivity contribution in [2.75, 3.05) is 6.54 Å². The molecule has 0 saturated carbocycles. The molecule has 0 aliphatic heterocycles. The molecule has 6 nitrogen and oxygen atoms in total. The number of aromatic amines is 1. The molecule has 0 radical (unpaired) electrons. The predicted molar refractivity (Wildman–Crippen MR) is 86.2 cm³/mol. The molecule has 3 heterocycles. The van der Waals surface area contributed by atoms with Crippen LogP contribution in [0, 0.1) is 6.92 Å². The first kappa shape index (κ1) is 15.0. The Morgan fingerprint density at radius 2 is 2.17 bits per heavy atom. The Labute approximate surface area is 132 Å². The maximum atomic E-state index is 12.7. The van der Waals surface area contributed by atoms with Crippen molar-refractivity contribution in [3.8, 4) is 0 Å². The smallest absolute Gasteiger partial charge is 0.259 e. The van der Waals surface area contributed by atoms with Gasteiger partial charge in [-0.15, -0.1) is 0 Å². The van der Waals surface area contributed by atoms with E-state index < -0.39 is 0 Å². The minimum atomic E-state index is -0.308. The number of fused-ring (bicyclic) bond motifs is 1. The second-order valence-corrected chi connectivity index (χ2v) is 5.33. The zero-order chi connectivity index (χ0) is 16.4. The number of nitrogens with zero attached hydrogens (tertiary/aromatic N) is 2. The SMILES string of the molecule is CCN(Cc1ccoc1)C(=O)c1c[nH]c2nc(C)ccc2c1=O. The summed E-state index contributed by atoms with van der Waals surface area (Å²) >= 11 is 0. The average molecular weight is 311 g/mol. The van der Waals surface area contributed by atoms with Crippen LogP contribution < -0.4 is 5.43 Å². The van der Waals surface area contributed by atoms with E-state index in [1.165, 1.54) is 6.20 Å². The van der Waals surface area contributed by atoms with Crippen LogP contribution in [0.25, 0.3) is 11.0 Å². The second-order valence-electron chi connectivity index (χ2n) is 5.33. The van der Waals surface area contributed by atoms with Crippen LogP contribution in [-0.2, 0) is 6.54 Å². The quantitative estimate of drug-likeness (QED) is 0.803. The fourth-order valence-corrected chi connectivity index (χ4v) is 2.46. The Morgan fingerprint density at radius 1 is 1.35 bits per heavy atom. The molecule has 6 heteroatoms. The first-order valence-electron chi connectivity index (χ1n) is 7.39. The largest absolute Gasteiger partial charge is 0.472 e. The number of furan rings is 1. The van der Waals surface area contributed by atoms with E-state index in [-0.39, 0.29) is 16.9 Å². The Hall–Kier alpha value is -2.89. The van der Waals surface area contributed by atoms with Crippen LogP contribution in [0.5, 0.6) is 0 Å². The Bertz CT molecular complexity index is 897. The number of aryl methyl sites for hydroxylation is 1. The number of hydrogen-bond acceptors (Lipinski definition) is 4. The summed E-state index contributed by atoms with van der Waals surface area (Å²) in [5, 5.41) is 0.417. The van der Waals surface area contributed by atoms with E-state index in [2.05, 4.69) is 9.97 Å². The lowest BCUT2D eigenvalue weighted by molar-refractivity contribution is 0.0751. The van der Waals surface area contributed by atoms with Crippen molar-refractivity contribution in [1.29, 1.82) is 0 Å². The highest BCUT2D eigenvalue weighted by atomic mass is 16.3. The van der Waals surface area contributed by atoms with Crippen molar-refractivity contribution >= 4 is 16.9 Å². The predicted octanol–water partition coefficient (Wildman–Crippen LogP) is 2.49. The third-order valence-corrected chi connectivity index (χ3v) is 3.73. The van der Waals surface area contributed by atoms with Gasteiger partial charge in [-0.05, 0) is 32.0 Å². The van der Waals surface area contributed by atoms with E-state index in [4.69, 9.17) is 4.42 Å². The van der Waals surface area contributed by atoms with Gasteiger partial charge in [0.05, 0.1) is 17.9 Å². The number of H-pyrrole nitrogens is 1. The van der Waals surface area contributed by atoms with Crippen LogP contribution in [0.15, 0.2) is 46.1 Å². The molecule has 0 unspecified atom stereocenters. The molecule has 118 valence electrons. The summed E-state index contributed by atoms with van der Waals surface area (Å²) in [6.45, 7) is 4.61. The van der Waals surface area contributed by atoms with Gasteiger partial charge in [0.2, 0.25) is 5.43 Å². The minimum absolute atomic E-state index is 0.119. The maximum absolute atomic E-state index is 12.7. The first-order valence-corrected chi connectivity index (χ1v) is 7.39. The lowest BCUT2D eigenvalue weighted by Gasteiger charge is -2.19. The zero-order valence-electron chi connectivity index (χ0n) is 13.0. The number of hydrogen-bond donors (Lipinski definition) is 1. The van der Waals surface area contributed by atoms with Crippen molar-refractivity contribution in [3.05, 3.63) is 64.0 Å². The molecule has 1 N–H and O–H groups in total. The summed E-state index contributed by atoms with van der Waals surface area (Å²) in [5.74, 6) is -0.308. The summed E-state index contributed by atoms with van der Waals surface area (Å²) in [6.07, 6.45) is 4.59. The van der Waals surface area contributed by atoms with Crippen LogP contribution >= 0.6 is 0 Å². The number of aromatic nitrogens is 2. The van der Waals surface area contributed by atoms with Crippen molar-refractivity contribution in [1.82, 2.24) is 14.9 Å². The Morgan fingerprint density at radius 3 is 2.87 bits per heavy atom. The van der Waals surface area contributed by atoms with Crippen molar-refractivity contribution in [2.24, 2.45) is 0 Å². The van der Waals surface area contributed by atoms with Gasteiger partial charge in [-0.25, -0.2) is 4.98 Å². The average Bonchev–Trinajstić information content (AvgIpc) is 3.05. The molecule has 0 spiro atoms. The van der Waals surface area contributed by atoms with Gasteiger partial charge in [-0.1, -0.05) is 0 Å². The number of nitrogens with one attached hydrogen (secondary N) is 1. The standard InChI is InChI=1S/C17H17N3O3/c1-3-20(9-12-6-7-23-10-12)17(22)14-8-18-16-13(15(14)21)5-4-11(2)19-16/h4-8,10H,3,9H2,1-2H3,(H,18,19,21). The topological polar surface area (TPSA) is 79.2 Å². The molecule has 3 aromatic heterocycles. The molecule has 3 rings (SSSR count). The van der Waals surface area contributed by atoms with Crippen molar-refractivity contribution in [3.63, 3.8) is 0 Å². The number of pyridine rings is 2. The van der Waals surface area contributed by atoms with Gasteiger partial charge in [0, 0.05) is 30.5 Å². The van der Waals surface area contributed by atoms with Gasteiger partial charge in [0.15, 0.2) is 0 Å². The third-order valence-electron chi connectivity index (χ3n) is 3.73. The van der Waals surface area contributed by atoms with E-state index in [0.717, 1.165) is 11.3 Å². The number of carbonyl (C=O) groups excluding carboxylic acids is 1. The van der Waals surface area contributed by atoms with Crippen LogP contribution in [-0.4, -0.2) is 27.3 Å². The highest BCUT2D eigenvalue weighted by molar-refractivity contribution is 5.96. The van der Waals surface area contributed by atoms with Crippen LogP contribution in [0.3, 0.4) is 0 Å². The van der Waals surface area contributed by atoms with Gasteiger partial charge in [0.1, 0.15) is 11.2 Å². The fourth-order valence-electron chi connectivity index (χ4n) is 2.46. The summed E-state index contributed by atoms with van der Waals surface area (Å²) in [7, 11) is 0. The van der Waals surface area contributed by atoms with Gasteiger partial charge < -0.3 is 14.3 Å². The molecule has 0 fully saturated rings. The molecule has 0 atom stereocenters. The Kier molecular flexibility index (Phi) is 3.97. The summed E-state index contributed by atoms with van der Waals surface area (Å²) in [6, 6.07) is 5.25. The molecular formula is C17H17N3O3. The van der Waals surface area contributed by atoms with E-state index >= 15 is 0 Å². The van der Waals surface area contributed by atoms with Crippen molar-refractivity contribution in [2.45, 2.75) is 20.4 Å². The molecule has 23 heavy (non-hydrogen) atoms. The van der Waals surface area contributed by atoms with Crippen LogP contribution in [0.2, 0.25) is 0 Å². The number of carbonyl (C=O) groups is 1. The van der Waals surface area contributed by atoms with Gasteiger partial charge in [0.25, 0.3) is 5.91 Å². The molecule has 1 amide bonds. The summed E-state index contributed by atoms with van der Waals surface area (Å²) in [4.78, 5) is 34.1. The maximum Gasteiger partial charge on any atom is 0.259 e. The lowest BCUT2D eigenvalue weighted by atomic mass is 10.1. The minimum Gasteiger partial charge on any atom is -0.472 e. The van der Waals surface area contributed by atoms with Crippen LogP contribution in [0.1, 0.15) is 28.5 Å². The molecule has 0 bridgehead atoms. The molecule has 0 saturated heterocycles. The van der Waals surface area contributed by atoms with Crippen molar-refractivity contribution < 1.29 is 9.21 Å². The monoisotopic (exact) mass is 311 g/mol. The van der Waals surface area contributed by atoms with Gasteiger partial charge in [-0.3, -0.25) is 9.59 Å². The van der Waals surface area contributed by atoms with Gasteiger partial charge >= 0.3 is 0 Å². The summed E-state index contributed by atoms with van der Waals surface area (Å²) < 4.78 is 5.02. The van der Waals surface area contributed by atoms with Crippen LogP contribution in [0.4, 0.5) is 0 Å². The fraction of sp³-hybridized carbons (Fsp3) is 0.235. The third kappa shape index (κ3) is 2.88. The normalized spacial score (nSPS) is 10.9. The zero-order valence-corrected chi connectivity index (χ0v) is 13.0. The lowest BCUT2D eigenvalue weighted by Crippen LogP contribution is -2.33. The van der Waals surface area contributed by atoms with Gasteiger partial charge in [-0.2, -0.15) is 0 Å². The molecule has 0 aliphatic carbocycles. The second kappa shape index (κ2) is 6.08. The van der Waals surface area contributed by atoms with E-state index in [1.54, 1.807) is 35.6 Å². The molecule has 0 aliphatic rings. The molecule has 0 aromatic carbocycles. The first-order chi connectivity index (χ1) is 11.1. The Balaban J connectivity index is 1.98.